The van der Waals surface area contributed by atoms with E-state index in [0.717, 1.165) is 28.4 Å². The highest BCUT2D eigenvalue weighted by Gasteiger charge is 2.34. The SMILES string of the molecule is C[C@@H]1CN(c2ccc(C#N)n3ncc(F)c23)Cc2c3ccc(C4CCN(C(=O)OC(C)(C)C)CC4O)cc3nn21. The smallest absolute Gasteiger partial charge is 0.410 e. The van der Waals surface area contributed by atoms with Crippen LogP contribution >= 0.6 is 0 Å². The summed E-state index contributed by atoms with van der Waals surface area (Å²) in [6.45, 7) is 9.41. The van der Waals surface area contributed by atoms with Gasteiger partial charge in [-0.15, -0.1) is 0 Å². The van der Waals surface area contributed by atoms with Gasteiger partial charge in [0.2, 0.25) is 0 Å². The molecule has 3 aromatic heterocycles. The standard InChI is InChI=1S/C29H32FN7O3/c1-17-14-35(24-8-6-19(12-31)37-27(24)22(30)13-32-37)15-25-21-7-5-18(11-23(21)33-36(17)25)20-9-10-34(16-26(20)38)28(39)40-29(2,3)4/h5-8,11,13,17,20,26,38H,9-10,14-16H2,1-4H3/t17-,20?,26?/m1/s1. The Kier molecular flexibility index (Phi) is 6.18. The number of benzene rings is 1. The third-order valence-corrected chi connectivity index (χ3v) is 7.78. The topological polar surface area (TPSA) is 112 Å². The number of β-amino-alcohol motifs (C(OH)–C–C–N with tert-alkyl or cyclic N) is 1. The molecule has 0 spiro atoms. The highest BCUT2D eigenvalue weighted by Crippen LogP contribution is 2.36. The molecule has 5 heterocycles. The van der Waals surface area contributed by atoms with E-state index in [-0.39, 0.29) is 29.7 Å². The lowest BCUT2D eigenvalue weighted by Crippen LogP contribution is -2.47. The average Bonchev–Trinajstić information content (AvgIpc) is 3.48. The van der Waals surface area contributed by atoms with Gasteiger partial charge in [-0.05, 0) is 57.9 Å². The maximum absolute atomic E-state index is 14.8. The number of aliphatic hydroxyl groups is 1. The highest BCUT2D eigenvalue weighted by atomic mass is 19.1. The van der Waals surface area contributed by atoms with Gasteiger partial charge in [-0.1, -0.05) is 12.1 Å². The number of nitriles is 1. The van der Waals surface area contributed by atoms with Crippen molar-refractivity contribution in [3.8, 4) is 6.07 Å². The molecule has 11 heteroatoms. The maximum Gasteiger partial charge on any atom is 0.410 e. The molecule has 0 aliphatic carbocycles. The molecule has 3 atom stereocenters. The minimum absolute atomic E-state index is 0.0175. The molecule has 0 saturated carbocycles. The number of nitrogens with zero attached hydrogens (tertiary/aromatic N) is 7. The number of ether oxygens (including phenoxy) is 1. The van der Waals surface area contributed by atoms with E-state index in [4.69, 9.17) is 9.84 Å². The Labute approximate surface area is 231 Å². The number of fused-ring (bicyclic) bond motifs is 4. The van der Waals surface area contributed by atoms with Crippen LogP contribution < -0.4 is 4.90 Å². The molecule has 1 aromatic carbocycles. The molecular formula is C29H32FN7O3. The summed E-state index contributed by atoms with van der Waals surface area (Å²) >= 11 is 0. The number of hydrogen-bond donors (Lipinski definition) is 1. The van der Waals surface area contributed by atoms with Crippen LogP contribution in [0.2, 0.25) is 0 Å². The second-order valence-corrected chi connectivity index (χ2v) is 11.8. The lowest BCUT2D eigenvalue weighted by atomic mass is 9.86. The second kappa shape index (κ2) is 9.48. The van der Waals surface area contributed by atoms with Gasteiger partial charge in [-0.2, -0.15) is 15.5 Å². The second-order valence-electron chi connectivity index (χ2n) is 11.8. The first-order valence-electron chi connectivity index (χ1n) is 13.5. The minimum atomic E-state index is -0.713. The van der Waals surface area contributed by atoms with E-state index in [0.29, 0.717) is 31.7 Å². The molecule has 1 fully saturated rings. The largest absolute Gasteiger partial charge is 0.444 e. The molecule has 2 unspecified atom stereocenters. The van der Waals surface area contributed by atoms with Gasteiger partial charge in [0, 0.05) is 24.4 Å². The number of pyridine rings is 1. The molecule has 0 radical (unpaired) electrons. The summed E-state index contributed by atoms with van der Waals surface area (Å²) in [4.78, 5) is 16.2. The molecule has 40 heavy (non-hydrogen) atoms. The molecule has 208 valence electrons. The summed E-state index contributed by atoms with van der Waals surface area (Å²) in [5, 5.41) is 30.4. The number of aliphatic hydroxyl groups excluding tert-OH is 1. The van der Waals surface area contributed by atoms with E-state index in [9.17, 15) is 19.6 Å². The molecule has 1 saturated heterocycles. The number of amides is 1. The number of halogens is 1. The Balaban J connectivity index is 1.27. The molecule has 1 amide bonds. The zero-order chi connectivity index (χ0) is 28.3. The fourth-order valence-electron chi connectivity index (χ4n) is 5.96. The van der Waals surface area contributed by atoms with Crippen LogP contribution in [0.15, 0.2) is 36.5 Å². The number of carbonyl (C=O) groups is 1. The fourth-order valence-corrected chi connectivity index (χ4v) is 5.96. The number of likely N-dealkylation sites (tertiary alicyclic amines) is 1. The van der Waals surface area contributed by atoms with Crippen molar-refractivity contribution in [2.45, 2.75) is 64.3 Å². The van der Waals surface area contributed by atoms with Gasteiger partial charge in [0.15, 0.2) is 5.82 Å². The molecule has 2 aliphatic rings. The number of anilines is 1. The molecule has 2 aliphatic heterocycles. The summed E-state index contributed by atoms with van der Waals surface area (Å²) in [5.74, 6) is -0.586. The lowest BCUT2D eigenvalue weighted by Gasteiger charge is -2.36. The third-order valence-electron chi connectivity index (χ3n) is 7.78. The van der Waals surface area contributed by atoms with Gasteiger partial charge in [-0.3, -0.25) is 4.68 Å². The van der Waals surface area contributed by atoms with Crippen molar-refractivity contribution in [3.63, 3.8) is 0 Å². The first-order chi connectivity index (χ1) is 19.0. The summed E-state index contributed by atoms with van der Waals surface area (Å²) in [6, 6.07) is 11.6. The minimum Gasteiger partial charge on any atom is -0.444 e. The van der Waals surface area contributed by atoms with Crippen LogP contribution in [-0.4, -0.2) is 66.8 Å². The summed E-state index contributed by atoms with van der Waals surface area (Å²) in [5.41, 5.74) is 3.49. The van der Waals surface area contributed by atoms with Crippen LogP contribution in [0.3, 0.4) is 0 Å². The van der Waals surface area contributed by atoms with E-state index >= 15 is 0 Å². The Morgan fingerprint density at radius 3 is 2.75 bits per heavy atom. The number of hydrogen-bond acceptors (Lipinski definition) is 7. The number of piperidine rings is 1. The Bertz CT molecular complexity index is 1660. The zero-order valence-electron chi connectivity index (χ0n) is 23.0. The first kappa shape index (κ1) is 26.1. The molecule has 6 rings (SSSR count). The third kappa shape index (κ3) is 4.42. The van der Waals surface area contributed by atoms with Crippen molar-refractivity contribution in [1.29, 1.82) is 5.26 Å². The predicted molar refractivity (Wildman–Crippen MR) is 147 cm³/mol. The van der Waals surface area contributed by atoms with Crippen molar-refractivity contribution in [3.05, 3.63) is 59.3 Å². The quantitative estimate of drug-likeness (QED) is 0.398. The highest BCUT2D eigenvalue weighted by molar-refractivity contribution is 5.84. The fraction of sp³-hybridized carbons (Fsp3) is 0.448. The predicted octanol–water partition coefficient (Wildman–Crippen LogP) is 4.36. The lowest BCUT2D eigenvalue weighted by molar-refractivity contribution is -0.00151. The van der Waals surface area contributed by atoms with Crippen LogP contribution in [0.4, 0.5) is 14.9 Å². The molecule has 0 bridgehead atoms. The van der Waals surface area contributed by atoms with Gasteiger partial charge in [-0.25, -0.2) is 13.7 Å². The maximum atomic E-state index is 14.8. The summed E-state index contributed by atoms with van der Waals surface area (Å²) < 4.78 is 23.6. The Morgan fingerprint density at radius 2 is 2.02 bits per heavy atom. The normalized spacial score (nSPS) is 21.5. The van der Waals surface area contributed by atoms with Crippen LogP contribution in [0.1, 0.15) is 63.0 Å². The van der Waals surface area contributed by atoms with Gasteiger partial charge < -0.3 is 19.6 Å². The van der Waals surface area contributed by atoms with Gasteiger partial charge in [0.05, 0.1) is 48.3 Å². The molecule has 1 N–H and O–H groups in total. The van der Waals surface area contributed by atoms with Crippen molar-refractivity contribution in [1.82, 2.24) is 24.3 Å². The first-order valence-corrected chi connectivity index (χ1v) is 13.5. The number of carbonyl (C=O) groups excluding carboxylic acids is 1. The Hall–Kier alpha value is -4.17. The molecule has 4 aromatic rings. The van der Waals surface area contributed by atoms with Crippen molar-refractivity contribution < 1.29 is 19.0 Å². The van der Waals surface area contributed by atoms with Crippen molar-refractivity contribution in [2.75, 3.05) is 24.5 Å². The average molecular weight is 546 g/mol. The van der Waals surface area contributed by atoms with Crippen LogP contribution in [0.25, 0.3) is 16.4 Å². The van der Waals surface area contributed by atoms with E-state index in [1.807, 2.05) is 43.7 Å². The van der Waals surface area contributed by atoms with Crippen molar-refractivity contribution in [2.24, 2.45) is 0 Å². The summed E-state index contributed by atoms with van der Waals surface area (Å²) in [6.07, 6.45) is 0.640. The van der Waals surface area contributed by atoms with E-state index in [1.165, 1.54) is 4.52 Å². The number of rotatable bonds is 2. The van der Waals surface area contributed by atoms with E-state index in [1.54, 1.807) is 17.0 Å². The monoisotopic (exact) mass is 545 g/mol. The molecular weight excluding hydrogens is 513 g/mol. The van der Waals surface area contributed by atoms with E-state index in [2.05, 4.69) is 23.0 Å². The van der Waals surface area contributed by atoms with Crippen LogP contribution in [0.5, 0.6) is 0 Å². The summed E-state index contributed by atoms with van der Waals surface area (Å²) in [7, 11) is 0. The van der Waals surface area contributed by atoms with Crippen molar-refractivity contribution >= 4 is 28.2 Å². The van der Waals surface area contributed by atoms with Gasteiger partial charge in [0.1, 0.15) is 22.9 Å². The zero-order valence-corrected chi connectivity index (χ0v) is 23.0. The van der Waals surface area contributed by atoms with Crippen LogP contribution in [0, 0.1) is 17.1 Å². The van der Waals surface area contributed by atoms with Gasteiger partial charge in [0.25, 0.3) is 0 Å². The van der Waals surface area contributed by atoms with Gasteiger partial charge >= 0.3 is 6.09 Å². The Morgan fingerprint density at radius 1 is 1.23 bits per heavy atom. The number of aromatic nitrogens is 4. The van der Waals surface area contributed by atoms with Crippen LogP contribution in [-0.2, 0) is 11.3 Å². The van der Waals surface area contributed by atoms with E-state index < -0.39 is 23.6 Å². The molecule has 10 nitrogen and oxygen atoms in total.